The van der Waals surface area contributed by atoms with Crippen LogP contribution in [0, 0.1) is 6.92 Å². The van der Waals surface area contributed by atoms with Crippen molar-refractivity contribution in [3.8, 4) is 0 Å². The molecule has 1 N–H and O–H groups in total. The topological polar surface area (TPSA) is 46.5 Å². The highest BCUT2D eigenvalue weighted by Gasteiger charge is 2.33. The molecule has 0 aliphatic carbocycles. The molecule has 2 aromatic rings. The lowest BCUT2D eigenvalue weighted by Gasteiger charge is -2.19. The standard InChI is InChI=1S/C18H25N3O2/c1-5-23-17-11-20(3)10-14(17)19-18(22)16-9-13-8-12(2)6-7-15(13)21(16)4/h6-9,14,17H,5,10-11H2,1-4H3,(H,19,22)/t14-,17-/m1/s1. The third kappa shape index (κ3) is 3.12. The van der Waals surface area contributed by atoms with Gasteiger partial charge in [-0.2, -0.15) is 0 Å². The van der Waals surface area contributed by atoms with Gasteiger partial charge in [0, 0.05) is 37.6 Å². The van der Waals surface area contributed by atoms with E-state index in [1.165, 1.54) is 5.56 Å². The van der Waals surface area contributed by atoms with E-state index in [0.29, 0.717) is 12.3 Å². The number of hydrogen-bond donors (Lipinski definition) is 1. The average molecular weight is 315 g/mol. The fourth-order valence-corrected chi connectivity index (χ4v) is 3.41. The third-order valence-electron chi connectivity index (χ3n) is 4.58. The van der Waals surface area contributed by atoms with Crippen LogP contribution in [0.15, 0.2) is 24.3 Å². The number of carbonyl (C=O) groups excluding carboxylic acids is 1. The van der Waals surface area contributed by atoms with Crippen molar-refractivity contribution < 1.29 is 9.53 Å². The first-order valence-electron chi connectivity index (χ1n) is 8.16. The van der Waals surface area contributed by atoms with Crippen LogP contribution in [-0.4, -0.2) is 54.3 Å². The van der Waals surface area contributed by atoms with Crippen LogP contribution < -0.4 is 5.32 Å². The number of aryl methyl sites for hydroxylation is 2. The molecule has 3 rings (SSSR count). The lowest BCUT2D eigenvalue weighted by Crippen LogP contribution is -2.44. The molecular formula is C18H25N3O2. The normalized spacial score (nSPS) is 21.9. The summed E-state index contributed by atoms with van der Waals surface area (Å²) in [6.07, 6.45) is 0.0610. The molecule has 0 radical (unpaired) electrons. The highest BCUT2D eigenvalue weighted by molar-refractivity contribution is 5.99. The molecule has 23 heavy (non-hydrogen) atoms. The highest BCUT2D eigenvalue weighted by Crippen LogP contribution is 2.21. The van der Waals surface area contributed by atoms with Crippen LogP contribution in [0.1, 0.15) is 23.0 Å². The van der Waals surface area contributed by atoms with Gasteiger partial charge in [-0.05, 0) is 39.1 Å². The summed E-state index contributed by atoms with van der Waals surface area (Å²) in [4.78, 5) is 14.9. The van der Waals surface area contributed by atoms with Gasteiger partial charge in [0.2, 0.25) is 0 Å². The number of likely N-dealkylation sites (tertiary alicyclic amines) is 1. The van der Waals surface area contributed by atoms with Crippen LogP contribution in [0.3, 0.4) is 0 Å². The molecule has 2 atom stereocenters. The zero-order chi connectivity index (χ0) is 16.6. The molecule has 0 bridgehead atoms. The molecule has 5 heteroatoms. The number of amides is 1. The minimum absolute atomic E-state index is 0.0344. The van der Waals surface area contributed by atoms with Crippen molar-refractivity contribution in [1.29, 1.82) is 0 Å². The van der Waals surface area contributed by atoms with Crippen molar-refractivity contribution in [2.75, 3.05) is 26.7 Å². The van der Waals surface area contributed by atoms with Crippen LogP contribution in [0.5, 0.6) is 0 Å². The molecule has 1 saturated heterocycles. The SMILES string of the molecule is CCO[C@@H]1CN(C)C[C@H]1NC(=O)c1cc2cc(C)ccc2n1C. The van der Waals surface area contributed by atoms with Crippen molar-refractivity contribution in [3.05, 3.63) is 35.5 Å². The lowest BCUT2D eigenvalue weighted by molar-refractivity contribution is 0.0511. The van der Waals surface area contributed by atoms with Crippen LogP contribution in [0.2, 0.25) is 0 Å². The summed E-state index contributed by atoms with van der Waals surface area (Å²) in [5.74, 6) is -0.0358. The van der Waals surface area contributed by atoms with Crippen molar-refractivity contribution in [1.82, 2.24) is 14.8 Å². The number of aromatic nitrogens is 1. The Morgan fingerprint density at radius 1 is 1.30 bits per heavy atom. The van der Waals surface area contributed by atoms with Gasteiger partial charge in [0.1, 0.15) is 5.69 Å². The van der Waals surface area contributed by atoms with Crippen LogP contribution in [0.25, 0.3) is 10.9 Å². The second-order valence-corrected chi connectivity index (χ2v) is 6.45. The van der Waals surface area contributed by atoms with Gasteiger partial charge in [-0.3, -0.25) is 4.79 Å². The number of rotatable bonds is 4. The number of nitrogens with zero attached hydrogens (tertiary/aromatic N) is 2. The first kappa shape index (κ1) is 16.0. The van der Waals surface area contributed by atoms with E-state index in [1.807, 2.05) is 24.6 Å². The minimum Gasteiger partial charge on any atom is -0.375 e. The Morgan fingerprint density at radius 3 is 2.83 bits per heavy atom. The Kier molecular flexibility index (Phi) is 4.41. The zero-order valence-electron chi connectivity index (χ0n) is 14.3. The first-order valence-corrected chi connectivity index (χ1v) is 8.16. The zero-order valence-corrected chi connectivity index (χ0v) is 14.3. The lowest BCUT2D eigenvalue weighted by atomic mass is 10.2. The molecule has 0 spiro atoms. The summed E-state index contributed by atoms with van der Waals surface area (Å²) in [6, 6.07) is 8.24. The Labute approximate surface area is 137 Å². The molecule has 0 unspecified atom stereocenters. The van der Waals surface area contributed by atoms with E-state index in [0.717, 1.165) is 24.0 Å². The van der Waals surface area contributed by atoms with E-state index < -0.39 is 0 Å². The quantitative estimate of drug-likeness (QED) is 0.938. The van der Waals surface area contributed by atoms with Gasteiger partial charge in [-0.1, -0.05) is 11.6 Å². The van der Waals surface area contributed by atoms with Gasteiger partial charge in [0.15, 0.2) is 0 Å². The molecule has 124 valence electrons. The summed E-state index contributed by atoms with van der Waals surface area (Å²) >= 11 is 0. The number of carbonyl (C=O) groups is 1. The van der Waals surface area contributed by atoms with E-state index in [-0.39, 0.29) is 18.1 Å². The van der Waals surface area contributed by atoms with Gasteiger partial charge in [0.25, 0.3) is 5.91 Å². The van der Waals surface area contributed by atoms with Gasteiger partial charge < -0.3 is 19.5 Å². The van der Waals surface area contributed by atoms with Gasteiger partial charge in [-0.25, -0.2) is 0 Å². The number of benzene rings is 1. The first-order chi connectivity index (χ1) is 11.0. The summed E-state index contributed by atoms with van der Waals surface area (Å²) in [6.45, 7) is 6.39. The fourth-order valence-electron chi connectivity index (χ4n) is 3.41. The maximum Gasteiger partial charge on any atom is 0.268 e. The molecule has 1 amide bonds. The molecule has 5 nitrogen and oxygen atoms in total. The van der Waals surface area contributed by atoms with Crippen molar-refractivity contribution in [3.63, 3.8) is 0 Å². The van der Waals surface area contributed by atoms with Crippen molar-refractivity contribution in [2.45, 2.75) is 26.0 Å². The summed E-state index contributed by atoms with van der Waals surface area (Å²) in [5.41, 5.74) is 2.96. The average Bonchev–Trinajstić information content (AvgIpc) is 3.00. The molecule has 0 saturated carbocycles. The Hall–Kier alpha value is -1.85. The molecule has 1 fully saturated rings. The highest BCUT2D eigenvalue weighted by atomic mass is 16.5. The largest absolute Gasteiger partial charge is 0.375 e. The summed E-state index contributed by atoms with van der Waals surface area (Å²) < 4.78 is 7.72. The predicted octanol–water partition coefficient (Wildman–Crippen LogP) is 1.94. The fraction of sp³-hybridized carbons (Fsp3) is 0.500. The summed E-state index contributed by atoms with van der Waals surface area (Å²) in [5, 5.41) is 4.25. The van der Waals surface area contributed by atoms with Crippen molar-refractivity contribution in [2.24, 2.45) is 7.05 Å². The Morgan fingerprint density at radius 2 is 2.09 bits per heavy atom. The minimum atomic E-state index is -0.0358. The van der Waals surface area contributed by atoms with Crippen LogP contribution in [0.4, 0.5) is 0 Å². The Balaban J connectivity index is 1.82. The number of hydrogen-bond acceptors (Lipinski definition) is 3. The molecule has 1 aromatic carbocycles. The molecular weight excluding hydrogens is 290 g/mol. The number of ether oxygens (including phenoxy) is 1. The second kappa shape index (κ2) is 6.34. The molecule has 1 aromatic heterocycles. The van der Waals surface area contributed by atoms with Crippen LogP contribution in [-0.2, 0) is 11.8 Å². The maximum atomic E-state index is 12.7. The Bertz CT molecular complexity index is 722. The molecule has 1 aliphatic heterocycles. The number of likely N-dealkylation sites (N-methyl/N-ethyl adjacent to an activating group) is 1. The number of fused-ring (bicyclic) bond motifs is 1. The monoisotopic (exact) mass is 315 g/mol. The van der Waals surface area contributed by atoms with E-state index in [4.69, 9.17) is 4.74 Å². The summed E-state index contributed by atoms with van der Waals surface area (Å²) in [7, 11) is 3.99. The molecule has 2 heterocycles. The van der Waals surface area contributed by atoms with Gasteiger partial charge >= 0.3 is 0 Å². The van der Waals surface area contributed by atoms with E-state index in [1.54, 1.807) is 0 Å². The van der Waals surface area contributed by atoms with E-state index in [9.17, 15) is 4.79 Å². The van der Waals surface area contributed by atoms with Crippen LogP contribution >= 0.6 is 0 Å². The third-order valence-corrected chi connectivity index (χ3v) is 4.58. The van der Waals surface area contributed by atoms with Gasteiger partial charge in [-0.15, -0.1) is 0 Å². The van der Waals surface area contributed by atoms with Crippen molar-refractivity contribution >= 4 is 16.8 Å². The maximum absolute atomic E-state index is 12.7. The molecule has 1 aliphatic rings. The van der Waals surface area contributed by atoms with E-state index >= 15 is 0 Å². The van der Waals surface area contributed by atoms with E-state index in [2.05, 4.69) is 42.4 Å². The second-order valence-electron chi connectivity index (χ2n) is 6.45. The van der Waals surface area contributed by atoms with Gasteiger partial charge in [0.05, 0.1) is 12.1 Å². The number of nitrogens with one attached hydrogen (secondary N) is 1. The smallest absolute Gasteiger partial charge is 0.268 e. The predicted molar refractivity (Wildman–Crippen MR) is 91.8 cm³/mol.